The zero-order valence-electron chi connectivity index (χ0n) is 17.5. The van der Waals surface area contributed by atoms with E-state index < -0.39 is 12.0 Å². The number of amides is 1. The van der Waals surface area contributed by atoms with Crippen molar-refractivity contribution >= 4 is 17.8 Å². The number of hydrogen-bond donors (Lipinski definition) is 1. The number of nitrogens with one attached hydrogen (secondary N) is 1. The van der Waals surface area contributed by atoms with E-state index in [1.165, 1.54) is 0 Å². The zero-order chi connectivity index (χ0) is 21.8. The Morgan fingerprint density at radius 3 is 2.84 bits per heavy atom. The first-order valence-corrected chi connectivity index (χ1v) is 9.88. The molecule has 2 aromatic carbocycles. The molecule has 2 aliphatic heterocycles. The molecule has 162 valence electrons. The zero-order valence-corrected chi connectivity index (χ0v) is 17.5. The van der Waals surface area contributed by atoms with Crippen molar-refractivity contribution < 1.29 is 28.6 Å². The number of carbonyl (C=O) groups excluding carboxylic acids is 1. The van der Waals surface area contributed by atoms with Crippen molar-refractivity contribution in [2.24, 2.45) is 16.2 Å². The standard InChI is InChI=1S/C22H23N3O6/c1-4-28-16-7-5-14(6-8-16)11-23-24-22(26)19-13(2)20(31-25-19)15-9-17(27-3)21-18(10-15)29-12-30-21/h5-11,13,20H,4,12H2,1-3H3,(H,24,26)/b23-11-/t13-,20-/m1/s1. The number of oxime groups is 1. The van der Waals surface area contributed by atoms with Crippen LogP contribution in [-0.4, -0.2) is 38.3 Å². The Balaban J connectivity index is 1.39. The van der Waals surface area contributed by atoms with Gasteiger partial charge in [-0.15, -0.1) is 0 Å². The van der Waals surface area contributed by atoms with Crippen molar-refractivity contribution in [1.82, 2.24) is 5.43 Å². The monoisotopic (exact) mass is 425 g/mol. The molecule has 0 aliphatic carbocycles. The second-order valence-electron chi connectivity index (χ2n) is 6.95. The van der Waals surface area contributed by atoms with Gasteiger partial charge < -0.3 is 23.8 Å². The van der Waals surface area contributed by atoms with Crippen molar-refractivity contribution in [3.63, 3.8) is 0 Å². The molecule has 31 heavy (non-hydrogen) atoms. The third kappa shape index (κ3) is 4.25. The van der Waals surface area contributed by atoms with E-state index in [2.05, 4.69) is 15.7 Å². The average Bonchev–Trinajstić information content (AvgIpc) is 3.41. The van der Waals surface area contributed by atoms with Crippen molar-refractivity contribution in [3.05, 3.63) is 47.5 Å². The van der Waals surface area contributed by atoms with Crippen LogP contribution in [0.5, 0.6) is 23.0 Å². The maximum Gasteiger partial charge on any atom is 0.289 e. The highest BCUT2D eigenvalue weighted by Gasteiger charge is 2.37. The Morgan fingerprint density at radius 1 is 1.29 bits per heavy atom. The summed E-state index contributed by atoms with van der Waals surface area (Å²) in [6, 6.07) is 11.0. The first kappa shape index (κ1) is 20.5. The molecule has 2 heterocycles. The predicted octanol–water partition coefficient (Wildman–Crippen LogP) is 3.04. The van der Waals surface area contributed by atoms with E-state index >= 15 is 0 Å². The van der Waals surface area contributed by atoms with Crippen LogP contribution in [0.25, 0.3) is 0 Å². The van der Waals surface area contributed by atoms with Crippen LogP contribution < -0.4 is 24.4 Å². The molecule has 0 spiro atoms. The minimum Gasteiger partial charge on any atom is -0.494 e. The average molecular weight is 425 g/mol. The molecule has 9 nitrogen and oxygen atoms in total. The first-order valence-electron chi connectivity index (χ1n) is 9.88. The molecule has 0 bridgehead atoms. The van der Waals surface area contributed by atoms with E-state index in [9.17, 15) is 4.79 Å². The Kier molecular flexibility index (Phi) is 5.92. The van der Waals surface area contributed by atoms with Crippen molar-refractivity contribution in [1.29, 1.82) is 0 Å². The van der Waals surface area contributed by atoms with Gasteiger partial charge in [-0.2, -0.15) is 5.10 Å². The summed E-state index contributed by atoms with van der Waals surface area (Å²) in [4.78, 5) is 18.1. The van der Waals surface area contributed by atoms with E-state index in [0.29, 0.717) is 23.9 Å². The quantitative estimate of drug-likeness (QED) is 0.541. The summed E-state index contributed by atoms with van der Waals surface area (Å²) in [6.45, 7) is 4.52. The number of hydrazone groups is 1. The van der Waals surface area contributed by atoms with Crippen LogP contribution in [0.2, 0.25) is 0 Å². The summed E-state index contributed by atoms with van der Waals surface area (Å²) in [5.41, 5.74) is 4.36. The fourth-order valence-corrected chi connectivity index (χ4v) is 3.38. The SMILES string of the molecule is CCOc1ccc(/C=N\NC(=O)C2=NO[C@@H](c3cc(OC)c4c(c3)OCO4)[C@@H]2C)cc1. The van der Waals surface area contributed by atoms with Gasteiger partial charge in [-0.1, -0.05) is 12.1 Å². The second kappa shape index (κ2) is 8.95. The van der Waals surface area contributed by atoms with Crippen molar-refractivity contribution in [3.8, 4) is 23.0 Å². The summed E-state index contributed by atoms with van der Waals surface area (Å²) >= 11 is 0. The number of methoxy groups -OCH3 is 1. The lowest BCUT2D eigenvalue weighted by Crippen LogP contribution is -2.31. The summed E-state index contributed by atoms with van der Waals surface area (Å²) in [5, 5.41) is 7.99. The van der Waals surface area contributed by atoms with Gasteiger partial charge in [0.1, 0.15) is 5.75 Å². The smallest absolute Gasteiger partial charge is 0.289 e. The number of benzene rings is 2. The first-order chi connectivity index (χ1) is 15.1. The maximum absolute atomic E-state index is 12.5. The lowest BCUT2D eigenvalue weighted by Gasteiger charge is -2.16. The lowest BCUT2D eigenvalue weighted by atomic mass is 9.93. The van der Waals surface area contributed by atoms with Crippen LogP contribution in [0.15, 0.2) is 46.7 Å². The molecule has 2 aliphatic rings. The van der Waals surface area contributed by atoms with Crippen LogP contribution >= 0.6 is 0 Å². The molecule has 0 unspecified atom stereocenters. The number of fused-ring (bicyclic) bond motifs is 1. The maximum atomic E-state index is 12.5. The largest absolute Gasteiger partial charge is 0.494 e. The van der Waals surface area contributed by atoms with Gasteiger partial charge in [-0.05, 0) is 48.9 Å². The molecule has 0 fully saturated rings. The molecular weight excluding hydrogens is 402 g/mol. The molecule has 2 atom stereocenters. The van der Waals surface area contributed by atoms with Gasteiger partial charge in [-0.25, -0.2) is 5.43 Å². The lowest BCUT2D eigenvalue weighted by molar-refractivity contribution is -0.115. The van der Waals surface area contributed by atoms with Gasteiger partial charge in [0, 0.05) is 5.56 Å². The Hall–Kier alpha value is -3.75. The van der Waals surface area contributed by atoms with Gasteiger partial charge in [-0.3, -0.25) is 4.79 Å². The topological polar surface area (TPSA) is 100.0 Å². The highest BCUT2D eigenvalue weighted by atomic mass is 16.7. The van der Waals surface area contributed by atoms with Crippen LogP contribution in [0.4, 0.5) is 0 Å². The molecule has 1 amide bonds. The second-order valence-corrected chi connectivity index (χ2v) is 6.95. The summed E-state index contributed by atoms with van der Waals surface area (Å²) in [5.74, 6) is 1.72. The molecule has 0 radical (unpaired) electrons. The summed E-state index contributed by atoms with van der Waals surface area (Å²) in [7, 11) is 1.55. The Bertz CT molecular complexity index is 1020. The van der Waals surface area contributed by atoms with Crippen LogP contribution in [0, 0.1) is 5.92 Å². The Morgan fingerprint density at radius 2 is 2.10 bits per heavy atom. The van der Waals surface area contributed by atoms with E-state index in [-0.39, 0.29) is 18.4 Å². The Labute approximate surface area is 179 Å². The minimum absolute atomic E-state index is 0.132. The number of carbonyl (C=O) groups is 1. The van der Waals surface area contributed by atoms with Gasteiger partial charge in [0.05, 0.1) is 25.8 Å². The molecule has 0 saturated carbocycles. The van der Waals surface area contributed by atoms with E-state index in [0.717, 1.165) is 16.9 Å². The van der Waals surface area contributed by atoms with E-state index in [1.807, 2.05) is 44.2 Å². The summed E-state index contributed by atoms with van der Waals surface area (Å²) in [6.07, 6.45) is 1.09. The van der Waals surface area contributed by atoms with Crippen LogP contribution in [0.3, 0.4) is 0 Å². The molecule has 4 rings (SSSR count). The number of ether oxygens (including phenoxy) is 4. The molecule has 9 heteroatoms. The van der Waals surface area contributed by atoms with Gasteiger partial charge >= 0.3 is 0 Å². The molecular formula is C22H23N3O6. The summed E-state index contributed by atoms with van der Waals surface area (Å²) < 4.78 is 21.7. The molecule has 0 aromatic heterocycles. The molecule has 1 N–H and O–H groups in total. The highest BCUT2D eigenvalue weighted by Crippen LogP contribution is 2.45. The van der Waals surface area contributed by atoms with Gasteiger partial charge in [0.25, 0.3) is 5.91 Å². The highest BCUT2D eigenvalue weighted by molar-refractivity contribution is 6.39. The fourth-order valence-electron chi connectivity index (χ4n) is 3.38. The third-order valence-corrected chi connectivity index (χ3v) is 4.96. The number of rotatable bonds is 7. The van der Waals surface area contributed by atoms with Gasteiger partial charge in [0.15, 0.2) is 23.3 Å². The fraction of sp³-hybridized carbons (Fsp3) is 0.318. The van der Waals surface area contributed by atoms with Crippen LogP contribution in [-0.2, 0) is 9.63 Å². The number of nitrogens with zero attached hydrogens (tertiary/aromatic N) is 2. The predicted molar refractivity (Wildman–Crippen MR) is 113 cm³/mol. The van der Waals surface area contributed by atoms with Crippen molar-refractivity contribution in [2.45, 2.75) is 20.0 Å². The van der Waals surface area contributed by atoms with E-state index in [4.69, 9.17) is 23.8 Å². The number of hydrogen-bond acceptors (Lipinski definition) is 8. The normalized spacial score (nSPS) is 19.1. The minimum atomic E-state index is -0.459. The van der Waals surface area contributed by atoms with Gasteiger partial charge in [0.2, 0.25) is 12.5 Å². The third-order valence-electron chi connectivity index (χ3n) is 4.96. The molecule has 2 aromatic rings. The molecule has 0 saturated heterocycles. The van der Waals surface area contributed by atoms with Crippen molar-refractivity contribution in [2.75, 3.05) is 20.5 Å². The van der Waals surface area contributed by atoms with E-state index in [1.54, 1.807) is 19.4 Å². The van der Waals surface area contributed by atoms with Crippen LogP contribution in [0.1, 0.15) is 31.1 Å².